The molecule has 0 radical (unpaired) electrons. The average molecular weight is 422 g/mol. The zero-order chi connectivity index (χ0) is 21.8. The van der Waals surface area contributed by atoms with Crippen molar-refractivity contribution in [2.24, 2.45) is 0 Å². The summed E-state index contributed by atoms with van der Waals surface area (Å²) < 4.78 is 5.63. The van der Waals surface area contributed by atoms with E-state index >= 15 is 0 Å². The number of amides is 1. The van der Waals surface area contributed by atoms with Crippen molar-refractivity contribution in [3.63, 3.8) is 0 Å². The van der Waals surface area contributed by atoms with Crippen LogP contribution in [0.25, 0.3) is 17.4 Å². The second kappa shape index (κ2) is 8.64. The SMILES string of the molecule is Cc1cccc(C)c1NC(=O)/C(C#N)=C/c1ccc(-c2ccc(Cl)cc2[N+](=O)[O-])o1. The highest BCUT2D eigenvalue weighted by atomic mass is 35.5. The van der Waals surface area contributed by atoms with Crippen molar-refractivity contribution >= 4 is 35.0 Å². The van der Waals surface area contributed by atoms with Gasteiger partial charge in [-0.2, -0.15) is 5.26 Å². The van der Waals surface area contributed by atoms with Gasteiger partial charge in [0.15, 0.2) is 0 Å². The lowest BCUT2D eigenvalue weighted by molar-refractivity contribution is -0.384. The summed E-state index contributed by atoms with van der Waals surface area (Å²) in [5.74, 6) is -0.148. The van der Waals surface area contributed by atoms with Gasteiger partial charge in [-0.05, 0) is 49.2 Å². The molecule has 0 bridgehead atoms. The number of benzene rings is 2. The van der Waals surface area contributed by atoms with Crippen molar-refractivity contribution in [3.05, 3.63) is 86.1 Å². The zero-order valence-electron chi connectivity index (χ0n) is 16.1. The first kappa shape index (κ1) is 20.8. The Morgan fingerprint density at radius 2 is 1.90 bits per heavy atom. The Bertz CT molecular complexity index is 1200. The quantitative estimate of drug-likeness (QED) is 0.247. The van der Waals surface area contributed by atoms with E-state index in [1.54, 1.807) is 0 Å². The summed E-state index contributed by atoms with van der Waals surface area (Å²) in [7, 11) is 0. The van der Waals surface area contributed by atoms with E-state index in [1.807, 2.05) is 38.1 Å². The van der Waals surface area contributed by atoms with Gasteiger partial charge in [0.05, 0.1) is 10.5 Å². The number of nitriles is 1. The Balaban J connectivity index is 1.90. The highest BCUT2D eigenvalue weighted by Crippen LogP contribution is 2.33. The molecule has 1 heterocycles. The summed E-state index contributed by atoms with van der Waals surface area (Å²) in [5.41, 5.74) is 2.25. The number of carbonyl (C=O) groups excluding carboxylic acids is 1. The maximum absolute atomic E-state index is 12.6. The molecule has 8 heteroatoms. The number of carbonyl (C=O) groups is 1. The summed E-state index contributed by atoms with van der Waals surface area (Å²) in [6.07, 6.45) is 1.29. The first-order chi connectivity index (χ1) is 14.3. The van der Waals surface area contributed by atoms with Gasteiger partial charge in [0, 0.05) is 22.9 Å². The van der Waals surface area contributed by atoms with Crippen LogP contribution in [0.4, 0.5) is 11.4 Å². The second-order valence-electron chi connectivity index (χ2n) is 6.51. The van der Waals surface area contributed by atoms with Crippen LogP contribution >= 0.6 is 11.6 Å². The number of para-hydroxylation sites is 1. The van der Waals surface area contributed by atoms with Crippen LogP contribution in [-0.2, 0) is 4.79 Å². The van der Waals surface area contributed by atoms with E-state index < -0.39 is 10.8 Å². The molecule has 7 nitrogen and oxygen atoms in total. The largest absolute Gasteiger partial charge is 0.456 e. The third kappa shape index (κ3) is 4.40. The molecule has 0 aliphatic carbocycles. The Morgan fingerprint density at radius 1 is 1.20 bits per heavy atom. The fourth-order valence-corrected chi connectivity index (χ4v) is 3.09. The van der Waals surface area contributed by atoms with Crippen molar-refractivity contribution in [2.75, 3.05) is 5.32 Å². The van der Waals surface area contributed by atoms with Gasteiger partial charge in [-0.15, -0.1) is 0 Å². The molecule has 3 aromatic rings. The van der Waals surface area contributed by atoms with E-state index in [2.05, 4.69) is 5.32 Å². The Labute approximate surface area is 177 Å². The van der Waals surface area contributed by atoms with E-state index in [-0.39, 0.29) is 33.4 Å². The lowest BCUT2D eigenvalue weighted by atomic mass is 10.1. The molecular weight excluding hydrogens is 406 g/mol. The third-order valence-corrected chi connectivity index (χ3v) is 4.66. The highest BCUT2D eigenvalue weighted by molar-refractivity contribution is 6.30. The smallest absolute Gasteiger partial charge is 0.281 e. The van der Waals surface area contributed by atoms with E-state index in [9.17, 15) is 20.2 Å². The number of halogens is 1. The average Bonchev–Trinajstić information content (AvgIpc) is 3.17. The van der Waals surface area contributed by atoms with Crippen molar-refractivity contribution in [3.8, 4) is 17.4 Å². The standard InChI is InChI=1S/C22H16ClN3O4/c1-13-4-3-5-14(2)21(13)25-22(27)15(12-24)10-17-7-9-20(30-17)18-8-6-16(23)11-19(18)26(28)29/h3-11H,1-2H3,(H,25,27)/b15-10+. The predicted molar refractivity (Wildman–Crippen MR) is 114 cm³/mol. The molecule has 0 saturated heterocycles. The Morgan fingerprint density at radius 3 is 2.53 bits per heavy atom. The molecule has 1 amide bonds. The minimum absolute atomic E-state index is 0.163. The molecule has 30 heavy (non-hydrogen) atoms. The fourth-order valence-electron chi connectivity index (χ4n) is 2.92. The zero-order valence-corrected chi connectivity index (χ0v) is 16.9. The first-order valence-corrected chi connectivity index (χ1v) is 9.21. The molecule has 0 aliphatic rings. The Hall–Kier alpha value is -3.89. The van der Waals surface area contributed by atoms with Crippen LogP contribution in [0.15, 0.2) is 58.5 Å². The van der Waals surface area contributed by atoms with Crippen LogP contribution in [0, 0.1) is 35.3 Å². The Kier molecular flexibility index (Phi) is 6.00. The van der Waals surface area contributed by atoms with Gasteiger partial charge in [-0.25, -0.2) is 0 Å². The van der Waals surface area contributed by atoms with Gasteiger partial charge in [-0.1, -0.05) is 29.8 Å². The molecule has 0 spiro atoms. The van der Waals surface area contributed by atoms with Gasteiger partial charge in [0.2, 0.25) is 0 Å². The van der Waals surface area contributed by atoms with Crippen LogP contribution in [0.5, 0.6) is 0 Å². The molecule has 0 fully saturated rings. The normalized spacial score (nSPS) is 11.1. The number of anilines is 1. The number of nitrogens with zero attached hydrogens (tertiary/aromatic N) is 2. The predicted octanol–water partition coefficient (Wildman–Crippen LogP) is 5.67. The molecule has 3 rings (SSSR count). The number of aryl methyl sites for hydroxylation is 2. The maximum atomic E-state index is 12.6. The number of hydrogen-bond donors (Lipinski definition) is 1. The summed E-state index contributed by atoms with van der Waals surface area (Å²) in [4.78, 5) is 23.3. The van der Waals surface area contributed by atoms with Crippen LogP contribution in [0.1, 0.15) is 16.9 Å². The van der Waals surface area contributed by atoms with Gasteiger partial charge in [0.25, 0.3) is 11.6 Å². The van der Waals surface area contributed by atoms with Crippen LogP contribution in [0.2, 0.25) is 5.02 Å². The van der Waals surface area contributed by atoms with Crippen LogP contribution in [0.3, 0.4) is 0 Å². The van der Waals surface area contributed by atoms with Crippen LogP contribution < -0.4 is 5.32 Å². The minimum Gasteiger partial charge on any atom is -0.456 e. The molecule has 1 N–H and O–H groups in total. The lowest BCUT2D eigenvalue weighted by Gasteiger charge is -2.10. The fraction of sp³-hybridized carbons (Fsp3) is 0.0909. The molecule has 150 valence electrons. The molecule has 2 aromatic carbocycles. The summed E-state index contributed by atoms with van der Waals surface area (Å²) in [6, 6.07) is 14.7. The molecule has 0 saturated carbocycles. The van der Waals surface area contributed by atoms with Crippen molar-refractivity contribution in [1.82, 2.24) is 0 Å². The topological polar surface area (TPSA) is 109 Å². The van der Waals surface area contributed by atoms with Crippen LogP contribution in [-0.4, -0.2) is 10.8 Å². The van der Waals surface area contributed by atoms with E-state index in [0.29, 0.717) is 5.69 Å². The first-order valence-electron chi connectivity index (χ1n) is 8.83. The van der Waals surface area contributed by atoms with Crippen molar-refractivity contribution < 1.29 is 14.1 Å². The third-order valence-electron chi connectivity index (χ3n) is 4.42. The number of nitrogens with one attached hydrogen (secondary N) is 1. The molecule has 0 unspecified atom stereocenters. The number of nitro groups is 1. The number of rotatable bonds is 5. The van der Waals surface area contributed by atoms with Crippen molar-refractivity contribution in [2.45, 2.75) is 13.8 Å². The monoisotopic (exact) mass is 421 g/mol. The van der Waals surface area contributed by atoms with E-state index in [0.717, 1.165) is 11.1 Å². The summed E-state index contributed by atoms with van der Waals surface area (Å²) >= 11 is 5.84. The van der Waals surface area contributed by atoms with Gasteiger partial charge >= 0.3 is 0 Å². The molecule has 0 aliphatic heterocycles. The molecule has 0 atom stereocenters. The summed E-state index contributed by atoms with van der Waals surface area (Å²) in [5, 5.41) is 23.7. The van der Waals surface area contributed by atoms with E-state index in [4.69, 9.17) is 16.0 Å². The number of furan rings is 1. The highest BCUT2D eigenvalue weighted by Gasteiger charge is 2.19. The number of nitro benzene ring substituents is 1. The molecular formula is C22H16ClN3O4. The van der Waals surface area contributed by atoms with Gasteiger partial charge < -0.3 is 9.73 Å². The molecule has 1 aromatic heterocycles. The maximum Gasteiger partial charge on any atom is 0.281 e. The van der Waals surface area contributed by atoms with Crippen molar-refractivity contribution in [1.29, 1.82) is 5.26 Å². The van der Waals surface area contributed by atoms with Gasteiger partial charge in [-0.3, -0.25) is 14.9 Å². The van der Waals surface area contributed by atoms with E-state index in [1.165, 1.54) is 36.4 Å². The van der Waals surface area contributed by atoms with Gasteiger partial charge in [0.1, 0.15) is 23.2 Å². The minimum atomic E-state index is -0.578. The number of hydrogen-bond acceptors (Lipinski definition) is 5. The summed E-state index contributed by atoms with van der Waals surface area (Å²) in [6.45, 7) is 3.71. The lowest BCUT2D eigenvalue weighted by Crippen LogP contribution is -2.15. The second-order valence-corrected chi connectivity index (χ2v) is 6.95.